The second-order valence-corrected chi connectivity index (χ2v) is 6.73. The van der Waals surface area contributed by atoms with E-state index in [1.54, 1.807) is 13.3 Å². The molecular weight excluding hydrogens is 455 g/mol. The molecule has 0 saturated heterocycles. The molecule has 0 aliphatic heterocycles. The molecule has 0 bridgehead atoms. The van der Waals surface area contributed by atoms with Crippen molar-refractivity contribution in [3.8, 4) is 11.5 Å². The summed E-state index contributed by atoms with van der Waals surface area (Å²) in [6.07, 6.45) is 5.32. The predicted octanol–water partition coefficient (Wildman–Crippen LogP) is 3.75. The monoisotopic (exact) mass is 484 g/mol. The van der Waals surface area contributed by atoms with Crippen LogP contribution in [0.3, 0.4) is 0 Å². The van der Waals surface area contributed by atoms with Gasteiger partial charge in [-0.1, -0.05) is 17.7 Å². The molecule has 0 spiro atoms. The molecule has 1 aliphatic carbocycles. The predicted molar refractivity (Wildman–Crippen MR) is 118 cm³/mol. The summed E-state index contributed by atoms with van der Waals surface area (Å²) >= 11 is 0. The molecule has 2 N–H and O–H groups in total. The van der Waals surface area contributed by atoms with E-state index in [1.165, 1.54) is 18.4 Å². The summed E-state index contributed by atoms with van der Waals surface area (Å²) in [6.45, 7) is 5.17. The van der Waals surface area contributed by atoms with Crippen molar-refractivity contribution in [2.45, 2.75) is 32.7 Å². The number of ether oxygens (including phenoxy) is 1. The van der Waals surface area contributed by atoms with E-state index in [0.29, 0.717) is 12.4 Å². The van der Waals surface area contributed by atoms with Crippen LogP contribution in [0, 0.1) is 12.8 Å². The van der Waals surface area contributed by atoms with E-state index < -0.39 is 0 Å². The molecule has 0 unspecified atom stereocenters. The Morgan fingerprint density at radius 2 is 2.04 bits per heavy atom. The molecule has 6 nitrogen and oxygen atoms in total. The van der Waals surface area contributed by atoms with Crippen LogP contribution in [0.15, 0.2) is 39.9 Å². The Bertz CT molecular complexity index is 711. The van der Waals surface area contributed by atoms with Crippen LogP contribution < -0.4 is 10.6 Å². The van der Waals surface area contributed by atoms with Crippen LogP contribution in [-0.2, 0) is 11.3 Å². The molecule has 0 atom stereocenters. The number of guanidine groups is 1. The van der Waals surface area contributed by atoms with Crippen molar-refractivity contribution in [2.75, 3.05) is 26.8 Å². The molecule has 3 rings (SSSR count). The van der Waals surface area contributed by atoms with E-state index in [-0.39, 0.29) is 24.0 Å². The summed E-state index contributed by atoms with van der Waals surface area (Å²) in [5, 5.41) is 6.54. The normalized spacial score (nSPS) is 13.9. The number of nitrogens with zero attached hydrogens (tertiary/aromatic N) is 2. The second-order valence-electron chi connectivity index (χ2n) is 6.73. The van der Waals surface area contributed by atoms with Crippen molar-refractivity contribution in [2.24, 2.45) is 10.9 Å². The maximum absolute atomic E-state index is 5.63. The number of aliphatic imine (C=N–C) groups is 1. The number of hydrogen-bond donors (Lipinski definition) is 2. The first kappa shape index (κ1) is 21.7. The lowest BCUT2D eigenvalue weighted by Gasteiger charge is -2.10. The SMILES string of the molecule is CN=C(NCCCOCC1CC1)NCc1coc(-c2ccc(C)cc2)n1.I. The minimum absolute atomic E-state index is 0. The molecule has 27 heavy (non-hydrogen) atoms. The molecule has 1 aliphatic rings. The minimum Gasteiger partial charge on any atom is -0.444 e. The maximum atomic E-state index is 5.63. The van der Waals surface area contributed by atoms with Gasteiger partial charge < -0.3 is 19.8 Å². The van der Waals surface area contributed by atoms with Gasteiger partial charge in [-0.15, -0.1) is 24.0 Å². The first-order chi connectivity index (χ1) is 12.7. The number of aromatic nitrogens is 1. The smallest absolute Gasteiger partial charge is 0.226 e. The lowest BCUT2D eigenvalue weighted by molar-refractivity contribution is 0.123. The lowest BCUT2D eigenvalue weighted by Crippen LogP contribution is -2.37. The molecule has 1 fully saturated rings. The highest BCUT2D eigenvalue weighted by Crippen LogP contribution is 2.28. The topological polar surface area (TPSA) is 71.7 Å². The fraction of sp³-hybridized carbons (Fsp3) is 0.500. The van der Waals surface area contributed by atoms with Gasteiger partial charge >= 0.3 is 0 Å². The van der Waals surface area contributed by atoms with Crippen LogP contribution in [0.25, 0.3) is 11.5 Å². The molecule has 7 heteroatoms. The fourth-order valence-electron chi connectivity index (χ4n) is 2.53. The molecule has 2 aromatic rings. The standard InChI is InChI=1S/C20H28N4O2.HI/c1-15-4-8-17(9-5-15)19-24-18(14-26-19)12-23-20(21-2)22-10-3-11-25-13-16-6-7-16;/h4-5,8-9,14,16H,3,6-7,10-13H2,1-2H3,(H2,21,22,23);1H. The molecular formula is C20H29IN4O2. The minimum atomic E-state index is 0. The summed E-state index contributed by atoms with van der Waals surface area (Å²) in [5.74, 6) is 2.22. The van der Waals surface area contributed by atoms with E-state index in [4.69, 9.17) is 9.15 Å². The van der Waals surface area contributed by atoms with Gasteiger partial charge in [0.1, 0.15) is 6.26 Å². The molecule has 1 heterocycles. The fourth-order valence-corrected chi connectivity index (χ4v) is 2.53. The summed E-state index contributed by atoms with van der Waals surface area (Å²) in [6, 6.07) is 8.14. The Hall–Kier alpha value is -1.61. The van der Waals surface area contributed by atoms with Gasteiger partial charge in [-0.25, -0.2) is 4.98 Å². The van der Waals surface area contributed by atoms with Gasteiger partial charge in [-0.05, 0) is 44.2 Å². The van der Waals surface area contributed by atoms with Gasteiger partial charge in [-0.2, -0.15) is 0 Å². The maximum Gasteiger partial charge on any atom is 0.226 e. The van der Waals surface area contributed by atoms with Crippen LogP contribution >= 0.6 is 24.0 Å². The zero-order valence-corrected chi connectivity index (χ0v) is 18.4. The van der Waals surface area contributed by atoms with E-state index in [1.807, 2.05) is 12.1 Å². The highest BCUT2D eigenvalue weighted by molar-refractivity contribution is 14.0. The molecule has 0 amide bonds. The molecule has 1 saturated carbocycles. The van der Waals surface area contributed by atoms with Gasteiger partial charge in [0.05, 0.1) is 12.2 Å². The van der Waals surface area contributed by atoms with Crippen LogP contribution in [0.4, 0.5) is 0 Å². The lowest BCUT2D eigenvalue weighted by atomic mass is 10.1. The van der Waals surface area contributed by atoms with Gasteiger partial charge in [0.25, 0.3) is 0 Å². The first-order valence-corrected chi connectivity index (χ1v) is 9.28. The molecule has 1 aromatic carbocycles. The van der Waals surface area contributed by atoms with Crippen LogP contribution in [0.5, 0.6) is 0 Å². The Balaban J connectivity index is 0.00000261. The summed E-state index contributed by atoms with van der Waals surface area (Å²) < 4.78 is 11.2. The van der Waals surface area contributed by atoms with Gasteiger partial charge in [0, 0.05) is 32.4 Å². The number of halogens is 1. The third kappa shape index (κ3) is 7.50. The molecule has 1 aromatic heterocycles. The largest absolute Gasteiger partial charge is 0.444 e. The Kier molecular flexibility index (Phi) is 9.06. The van der Waals surface area contributed by atoms with Crippen molar-refractivity contribution in [3.05, 3.63) is 41.8 Å². The van der Waals surface area contributed by atoms with E-state index in [0.717, 1.165) is 49.3 Å². The highest BCUT2D eigenvalue weighted by atomic mass is 127. The van der Waals surface area contributed by atoms with Crippen LogP contribution in [-0.4, -0.2) is 37.7 Å². The van der Waals surface area contributed by atoms with Crippen molar-refractivity contribution in [1.29, 1.82) is 0 Å². The zero-order valence-electron chi connectivity index (χ0n) is 16.0. The van der Waals surface area contributed by atoms with Gasteiger partial charge in [0.15, 0.2) is 5.96 Å². The average molecular weight is 484 g/mol. The van der Waals surface area contributed by atoms with E-state index in [9.17, 15) is 0 Å². The third-order valence-corrected chi connectivity index (χ3v) is 4.32. The van der Waals surface area contributed by atoms with E-state index in [2.05, 4.69) is 39.7 Å². The average Bonchev–Trinajstić information content (AvgIpc) is 3.36. The molecule has 148 valence electrons. The Morgan fingerprint density at radius 3 is 2.74 bits per heavy atom. The summed E-state index contributed by atoms with van der Waals surface area (Å²) in [5.41, 5.74) is 3.04. The third-order valence-electron chi connectivity index (χ3n) is 4.32. The Labute approximate surface area is 178 Å². The Morgan fingerprint density at radius 1 is 1.26 bits per heavy atom. The van der Waals surface area contributed by atoms with Crippen molar-refractivity contribution < 1.29 is 9.15 Å². The zero-order chi connectivity index (χ0) is 18.2. The van der Waals surface area contributed by atoms with Gasteiger partial charge in [0.2, 0.25) is 5.89 Å². The number of hydrogen-bond acceptors (Lipinski definition) is 4. The van der Waals surface area contributed by atoms with Crippen LogP contribution in [0.1, 0.15) is 30.5 Å². The van der Waals surface area contributed by atoms with Crippen molar-refractivity contribution >= 4 is 29.9 Å². The first-order valence-electron chi connectivity index (χ1n) is 9.28. The number of benzene rings is 1. The van der Waals surface area contributed by atoms with Crippen molar-refractivity contribution in [1.82, 2.24) is 15.6 Å². The summed E-state index contributed by atoms with van der Waals surface area (Å²) in [7, 11) is 1.76. The second kappa shape index (κ2) is 11.3. The number of nitrogens with one attached hydrogen (secondary N) is 2. The quantitative estimate of drug-likeness (QED) is 0.246. The van der Waals surface area contributed by atoms with Crippen LogP contribution in [0.2, 0.25) is 0 Å². The number of aryl methyl sites for hydroxylation is 1. The molecule has 0 radical (unpaired) electrons. The summed E-state index contributed by atoms with van der Waals surface area (Å²) in [4.78, 5) is 8.76. The van der Waals surface area contributed by atoms with E-state index >= 15 is 0 Å². The number of oxazole rings is 1. The van der Waals surface area contributed by atoms with Gasteiger partial charge in [-0.3, -0.25) is 4.99 Å². The van der Waals surface area contributed by atoms with Crippen molar-refractivity contribution in [3.63, 3.8) is 0 Å². The highest BCUT2D eigenvalue weighted by Gasteiger charge is 2.20. The number of rotatable bonds is 9.